The highest BCUT2D eigenvalue weighted by Crippen LogP contribution is 2.27. The first-order chi connectivity index (χ1) is 14.0. The molecule has 0 spiro atoms. The lowest BCUT2D eigenvalue weighted by atomic mass is 10.2. The Labute approximate surface area is 171 Å². The van der Waals surface area contributed by atoms with Crippen molar-refractivity contribution in [2.45, 2.75) is 19.8 Å². The van der Waals surface area contributed by atoms with Crippen LogP contribution >= 0.6 is 0 Å². The van der Waals surface area contributed by atoms with E-state index in [0.29, 0.717) is 49.6 Å². The third kappa shape index (κ3) is 7.37. The lowest BCUT2D eigenvalue weighted by molar-refractivity contribution is -0.121. The quantitative estimate of drug-likeness (QED) is 0.567. The van der Waals surface area contributed by atoms with E-state index >= 15 is 0 Å². The summed E-state index contributed by atoms with van der Waals surface area (Å²) in [7, 11) is 3.05. The van der Waals surface area contributed by atoms with Gasteiger partial charge < -0.3 is 24.8 Å². The van der Waals surface area contributed by atoms with E-state index in [1.165, 1.54) is 19.8 Å². The Kier molecular flexibility index (Phi) is 8.82. The molecule has 7 nitrogen and oxygen atoms in total. The fourth-order valence-corrected chi connectivity index (χ4v) is 2.60. The summed E-state index contributed by atoms with van der Waals surface area (Å²) in [6.45, 7) is 3.19. The van der Waals surface area contributed by atoms with Gasteiger partial charge in [0.2, 0.25) is 5.91 Å². The van der Waals surface area contributed by atoms with Gasteiger partial charge in [-0.25, -0.2) is 0 Å². The second-order valence-corrected chi connectivity index (χ2v) is 6.44. The van der Waals surface area contributed by atoms with Gasteiger partial charge in [0.05, 0.1) is 20.8 Å². The monoisotopic (exact) mass is 400 g/mol. The molecule has 29 heavy (non-hydrogen) atoms. The molecule has 0 atom stereocenters. The molecule has 2 rings (SSSR count). The van der Waals surface area contributed by atoms with E-state index in [9.17, 15) is 9.59 Å². The second kappa shape index (κ2) is 11.6. The average molecular weight is 400 g/mol. The van der Waals surface area contributed by atoms with Gasteiger partial charge in [-0.15, -0.1) is 0 Å². The van der Waals surface area contributed by atoms with Crippen molar-refractivity contribution in [2.24, 2.45) is 0 Å². The molecule has 0 bridgehead atoms. The minimum atomic E-state index is -0.244. The number of benzene rings is 2. The van der Waals surface area contributed by atoms with E-state index in [2.05, 4.69) is 10.6 Å². The molecule has 0 aromatic heterocycles. The van der Waals surface area contributed by atoms with Crippen LogP contribution in [0.15, 0.2) is 42.5 Å². The smallest absolute Gasteiger partial charge is 0.251 e. The Bertz CT molecular complexity index is 805. The Morgan fingerprint density at radius 3 is 2.28 bits per heavy atom. The number of hydrogen-bond acceptors (Lipinski definition) is 5. The molecular formula is C22H28N2O5. The van der Waals surface area contributed by atoms with Crippen molar-refractivity contribution in [1.29, 1.82) is 0 Å². The summed E-state index contributed by atoms with van der Waals surface area (Å²) in [5.41, 5.74) is 1.64. The van der Waals surface area contributed by atoms with E-state index in [1.807, 2.05) is 31.2 Å². The molecule has 0 heterocycles. The zero-order valence-electron chi connectivity index (χ0n) is 17.1. The van der Waals surface area contributed by atoms with Gasteiger partial charge in [-0.05, 0) is 43.7 Å². The van der Waals surface area contributed by atoms with Crippen molar-refractivity contribution >= 4 is 11.8 Å². The highest BCUT2D eigenvalue weighted by Gasteiger charge is 2.10. The molecule has 156 valence electrons. The molecule has 0 saturated carbocycles. The maximum Gasteiger partial charge on any atom is 0.251 e. The van der Waals surface area contributed by atoms with E-state index in [4.69, 9.17) is 14.2 Å². The van der Waals surface area contributed by atoms with Crippen LogP contribution in [0, 0.1) is 6.92 Å². The standard InChI is InChI=1S/C22H28N2O5/c1-16-6-9-18(10-7-16)29-14-4-5-21(25)23-12-13-24-22(26)17-8-11-19(27-2)20(15-17)28-3/h6-11,15H,4-5,12-14H2,1-3H3,(H,23,25)(H,24,26). The average Bonchev–Trinajstić information content (AvgIpc) is 2.74. The number of hydrogen-bond donors (Lipinski definition) is 2. The van der Waals surface area contributed by atoms with Gasteiger partial charge in [0.1, 0.15) is 5.75 Å². The predicted octanol–water partition coefficient (Wildman–Crippen LogP) is 2.72. The third-order valence-corrected chi connectivity index (χ3v) is 4.22. The molecule has 2 aromatic carbocycles. The number of amides is 2. The molecular weight excluding hydrogens is 372 g/mol. The van der Waals surface area contributed by atoms with Crippen LogP contribution < -0.4 is 24.8 Å². The number of ether oxygens (including phenoxy) is 3. The SMILES string of the molecule is COc1ccc(C(=O)NCCNC(=O)CCCOc2ccc(C)cc2)cc1OC. The van der Waals surface area contributed by atoms with Gasteiger partial charge in [-0.2, -0.15) is 0 Å². The first kappa shape index (κ1) is 22.1. The molecule has 2 N–H and O–H groups in total. The number of carbonyl (C=O) groups excluding carboxylic acids is 2. The van der Waals surface area contributed by atoms with Crippen LogP contribution in [0.3, 0.4) is 0 Å². The van der Waals surface area contributed by atoms with Crippen molar-refractivity contribution in [3.63, 3.8) is 0 Å². The number of nitrogens with one attached hydrogen (secondary N) is 2. The maximum atomic E-state index is 12.2. The van der Waals surface area contributed by atoms with Crippen molar-refractivity contribution in [2.75, 3.05) is 33.9 Å². The molecule has 0 aliphatic carbocycles. The Hall–Kier alpha value is -3.22. The Balaban J connectivity index is 1.61. The molecule has 0 radical (unpaired) electrons. The number of aryl methyl sites for hydroxylation is 1. The molecule has 0 saturated heterocycles. The van der Waals surface area contributed by atoms with Crippen molar-refractivity contribution in [3.05, 3.63) is 53.6 Å². The number of rotatable bonds is 11. The van der Waals surface area contributed by atoms with Crippen LogP contribution in [0.25, 0.3) is 0 Å². The molecule has 7 heteroatoms. The van der Waals surface area contributed by atoms with Crippen LogP contribution in [-0.4, -0.2) is 45.7 Å². The minimum absolute atomic E-state index is 0.0714. The molecule has 0 unspecified atom stereocenters. The van der Waals surface area contributed by atoms with E-state index in [1.54, 1.807) is 18.2 Å². The maximum absolute atomic E-state index is 12.2. The molecule has 2 amide bonds. The zero-order valence-corrected chi connectivity index (χ0v) is 17.1. The van der Waals surface area contributed by atoms with Crippen molar-refractivity contribution < 1.29 is 23.8 Å². The fourth-order valence-electron chi connectivity index (χ4n) is 2.60. The molecule has 0 fully saturated rings. The van der Waals surface area contributed by atoms with Crippen molar-refractivity contribution in [3.8, 4) is 17.2 Å². The largest absolute Gasteiger partial charge is 0.494 e. The zero-order chi connectivity index (χ0) is 21.1. The molecule has 0 aliphatic heterocycles. The van der Waals surface area contributed by atoms with Crippen LogP contribution in [0.2, 0.25) is 0 Å². The van der Waals surface area contributed by atoms with E-state index < -0.39 is 0 Å². The predicted molar refractivity (Wildman–Crippen MR) is 111 cm³/mol. The summed E-state index contributed by atoms with van der Waals surface area (Å²) in [5.74, 6) is 1.53. The minimum Gasteiger partial charge on any atom is -0.494 e. The fraction of sp³-hybridized carbons (Fsp3) is 0.364. The van der Waals surface area contributed by atoms with Crippen LogP contribution in [0.1, 0.15) is 28.8 Å². The molecule has 2 aromatic rings. The van der Waals surface area contributed by atoms with Crippen molar-refractivity contribution in [1.82, 2.24) is 10.6 Å². The highest BCUT2D eigenvalue weighted by atomic mass is 16.5. The van der Waals surface area contributed by atoms with Gasteiger partial charge >= 0.3 is 0 Å². The second-order valence-electron chi connectivity index (χ2n) is 6.44. The van der Waals surface area contributed by atoms with Crippen LogP contribution in [0.5, 0.6) is 17.2 Å². The first-order valence-corrected chi connectivity index (χ1v) is 9.50. The normalized spacial score (nSPS) is 10.2. The Morgan fingerprint density at radius 1 is 0.897 bits per heavy atom. The summed E-state index contributed by atoms with van der Waals surface area (Å²) >= 11 is 0. The Morgan fingerprint density at radius 2 is 1.59 bits per heavy atom. The lowest BCUT2D eigenvalue weighted by Crippen LogP contribution is -2.34. The van der Waals surface area contributed by atoms with Gasteiger partial charge in [0.15, 0.2) is 11.5 Å². The highest BCUT2D eigenvalue weighted by molar-refractivity contribution is 5.94. The first-order valence-electron chi connectivity index (χ1n) is 9.50. The van der Waals surface area contributed by atoms with Gasteiger partial charge in [0.25, 0.3) is 5.91 Å². The topological polar surface area (TPSA) is 85.9 Å². The van der Waals surface area contributed by atoms with Crippen LogP contribution in [-0.2, 0) is 4.79 Å². The lowest BCUT2D eigenvalue weighted by Gasteiger charge is -2.10. The summed E-state index contributed by atoms with van der Waals surface area (Å²) in [6.07, 6.45) is 0.993. The van der Waals surface area contributed by atoms with Crippen LogP contribution in [0.4, 0.5) is 0 Å². The van der Waals surface area contributed by atoms with E-state index in [0.717, 1.165) is 5.75 Å². The van der Waals surface area contributed by atoms with Gasteiger partial charge in [0, 0.05) is 25.1 Å². The summed E-state index contributed by atoms with van der Waals surface area (Å²) in [6, 6.07) is 12.7. The number of methoxy groups -OCH3 is 2. The van der Waals surface area contributed by atoms with Gasteiger partial charge in [-0.1, -0.05) is 17.7 Å². The summed E-state index contributed by atoms with van der Waals surface area (Å²) in [4.78, 5) is 24.0. The van der Waals surface area contributed by atoms with Gasteiger partial charge in [-0.3, -0.25) is 9.59 Å². The number of carbonyl (C=O) groups is 2. The molecule has 0 aliphatic rings. The third-order valence-electron chi connectivity index (χ3n) is 4.22. The summed E-state index contributed by atoms with van der Waals surface area (Å²) in [5, 5.41) is 5.54. The van der Waals surface area contributed by atoms with E-state index in [-0.39, 0.29) is 11.8 Å². The summed E-state index contributed by atoms with van der Waals surface area (Å²) < 4.78 is 15.9.